The molecule has 3 nitrogen and oxygen atoms in total. The number of nitrogens with zero attached hydrogens (tertiary/aromatic N) is 1. The van der Waals surface area contributed by atoms with E-state index in [9.17, 15) is 4.79 Å². The molecule has 1 heterocycles. The van der Waals surface area contributed by atoms with Crippen molar-refractivity contribution in [3.8, 4) is 0 Å². The van der Waals surface area contributed by atoms with Crippen molar-refractivity contribution in [3.63, 3.8) is 0 Å². The molecule has 1 aromatic rings. The van der Waals surface area contributed by atoms with Crippen LogP contribution in [0.4, 0.5) is 5.69 Å². The molecule has 0 bridgehead atoms. The SMILES string of the molecule is Cc1cc(C)cc(N(C)C(=O)CSC2CCNCC2)c1. The van der Waals surface area contributed by atoms with Gasteiger partial charge in [0.1, 0.15) is 0 Å². The summed E-state index contributed by atoms with van der Waals surface area (Å²) in [5.41, 5.74) is 3.40. The van der Waals surface area contributed by atoms with Gasteiger partial charge in [0.05, 0.1) is 5.75 Å². The Balaban J connectivity index is 1.90. The van der Waals surface area contributed by atoms with Gasteiger partial charge in [-0.3, -0.25) is 4.79 Å². The molecule has 2 rings (SSSR count). The van der Waals surface area contributed by atoms with E-state index in [-0.39, 0.29) is 5.91 Å². The molecule has 0 unspecified atom stereocenters. The fourth-order valence-corrected chi connectivity index (χ4v) is 3.68. The summed E-state index contributed by atoms with van der Waals surface area (Å²) < 4.78 is 0. The predicted octanol–water partition coefficient (Wildman–Crippen LogP) is 2.75. The number of hydrogen-bond donors (Lipinski definition) is 1. The lowest BCUT2D eigenvalue weighted by Crippen LogP contribution is -2.32. The minimum atomic E-state index is 0.193. The van der Waals surface area contributed by atoms with E-state index in [4.69, 9.17) is 0 Å². The van der Waals surface area contributed by atoms with E-state index in [1.165, 1.54) is 24.0 Å². The van der Waals surface area contributed by atoms with Crippen LogP contribution in [-0.2, 0) is 4.79 Å². The lowest BCUT2D eigenvalue weighted by Gasteiger charge is -2.23. The average molecular weight is 292 g/mol. The van der Waals surface area contributed by atoms with E-state index in [1.807, 2.05) is 7.05 Å². The third kappa shape index (κ3) is 4.25. The molecule has 4 heteroatoms. The molecule has 1 fully saturated rings. The highest BCUT2D eigenvalue weighted by Gasteiger charge is 2.17. The molecule has 1 N–H and O–H groups in total. The van der Waals surface area contributed by atoms with Crippen LogP contribution < -0.4 is 10.2 Å². The molecule has 1 amide bonds. The maximum absolute atomic E-state index is 12.3. The van der Waals surface area contributed by atoms with Gasteiger partial charge in [0, 0.05) is 18.0 Å². The van der Waals surface area contributed by atoms with Crippen molar-refractivity contribution in [2.24, 2.45) is 0 Å². The Hall–Kier alpha value is -1.00. The molecule has 0 atom stereocenters. The van der Waals surface area contributed by atoms with Gasteiger partial charge >= 0.3 is 0 Å². The Morgan fingerprint density at radius 1 is 1.25 bits per heavy atom. The van der Waals surface area contributed by atoms with Gasteiger partial charge in [-0.15, -0.1) is 11.8 Å². The zero-order valence-electron chi connectivity index (χ0n) is 12.6. The number of thioether (sulfide) groups is 1. The van der Waals surface area contributed by atoms with Crippen molar-refractivity contribution in [3.05, 3.63) is 29.3 Å². The first-order chi connectivity index (χ1) is 9.56. The first-order valence-corrected chi connectivity index (χ1v) is 8.28. The Kier molecular flexibility index (Phi) is 5.49. The minimum Gasteiger partial charge on any atom is -0.317 e. The van der Waals surface area contributed by atoms with Crippen LogP contribution >= 0.6 is 11.8 Å². The average Bonchev–Trinajstić information content (AvgIpc) is 2.44. The number of piperidine rings is 1. The van der Waals surface area contributed by atoms with E-state index < -0.39 is 0 Å². The maximum Gasteiger partial charge on any atom is 0.236 e. The minimum absolute atomic E-state index is 0.193. The standard InChI is InChI=1S/C16H24N2OS/c1-12-8-13(2)10-14(9-12)18(3)16(19)11-20-15-4-6-17-7-5-15/h8-10,15,17H,4-7,11H2,1-3H3. The molecular formula is C16H24N2OS. The quantitative estimate of drug-likeness (QED) is 0.926. The number of nitrogens with one attached hydrogen (secondary N) is 1. The topological polar surface area (TPSA) is 32.3 Å². The molecule has 1 aliphatic rings. The monoisotopic (exact) mass is 292 g/mol. The van der Waals surface area contributed by atoms with Crippen molar-refractivity contribution in [1.82, 2.24) is 5.32 Å². The number of aryl methyl sites for hydroxylation is 2. The largest absolute Gasteiger partial charge is 0.317 e. The van der Waals surface area contributed by atoms with Gasteiger partial charge in [-0.25, -0.2) is 0 Å². The Morgan fingerprint density at radius 3 is 2.45 bits per heavy atom. The summed E-state index contributed by atoms with van der Waals surface area (Å²) in [6.07, 6.45) is 2.34. The van der Waals surface area contributed by atoms with Crippen LogP contribution in [0, 0.1) is 13.8 Å². The molecule has 0 aromatic heterocycles. The van der Waals surface area contributed by atoms with Crippen molar-refractivity contribution in [2.75, 3.05) is 30.8 Å². The number of carbonyl (C=O) groups is 1. The van der Waals surface area contributed by atoms with Gasteiger partial charge in [-0.05, 0) is 63.0 Å². The van der Waals surface area contributed by atoms with Crippen LogP contribution in [0.5, 0.6) is 0 Å². The number of hydrogen-bond acceptors (Lipinski definition) is 3. The maximum atomic E-state index is 12.3. The molecule has 0 radical (unpaired) electrons. The zero-order chi connectivity index (χ0) is 14.5. The van der Waals surface area contributed by atoms with E-state index in [2.05, 4.69) is 37.4 Å². The molecule has 1 aromatic carbocycles. The second-order valence-corrected chi connectivity index (χ2v) is 6.85. The summed E-state index contributed by atoms with van der Waals surface area (Å²) in [5, 5.41) is 3.99. The molecule has 20 heavy (non-hydrogen) atoms. The van der Waals surface area contributed by atoms with Gasteiger partial charge in [-0.1, -0.05) is 6.07 Å². The lowest BCUT2D eigenvalue weighted by atomic mass is 10.1. The summed E-state index contributed by atoms with van der Waals surface area (Å²) in [4.78, 5) is 14.1. The second kappa shape index (κ2) is 7.14. The van der Waals surface area contributed by atoms with Crippen molar-refractivity contribution >= 4 is 23.4 Å². The van der Waals surface area contributed by atoms with Gasteiger partial charge in [0.15, 0.2) is 0 Å². The molecule has 1 aliphatic heterocycles. The van der Waals surface area contributed by atoms with Gasteiger partial charge in [0.2, 0.25) is 5.91 Å². The summed E-state index contributed by atoms with van der Waals surface area (Å²) in [6.45, 7) is 6.30. The molecular weight excluding hydrogens is 268 g/mol. The van der Waals surface area contributed by atoms with Gasteiger partial charge < -0.3 is 10.2 Å². The number of benzene rings is 1. The Labute approximate surface area is 126 Å². The van der Waals surface area contributed by atoms with E-state index in [0.29, 0.717) is 11.0 Å². The highest BCUT2D eigenvalue weighted by molar-refractivity contribution is 8.00. The van der Waals surface area contributed by atoms with Crippen LogP contribution in [-0.4, -0.2) is 37.0 Å². The highest BCUT2D eigenvalue weighted by atomic mass is 32.2. The summed E-state index contributed by atoms with van der Waals surface area (Å²) in [7, 11) is 1.87. The number of carbonyl (C=O) groups excluding carboxylic acids is 1. The van der Waals surface area contributed by atoms with E-state index in [0.717, 1.165) is 18.8 Å². The lowest BCUT2D eigenvalue weighted by molar-refractivity contribution is -0.115. The Bertz CT molecular complexity index is 449. The summed E-state index contributed by atoms with van der Waals surface area (Å²) in [6, 6.07) is 6.27. The van der Waals surface area contributed by atoms with E-state index in [1.54, 1.807) is 16.7 Å². The third-order valence-corrected chi connectivity index (χ3v) is 5.05. The summed E-state index contributed by atoms with van der Waals surface area (Å²) in [5.74, 6) is 0.771. The van der Waals surface area contributed by atoms with Crippen LogP contribution in [0.2, 0.25) is 0 Å². The first kappa shape index (κ1) is 15.4. The fraction of sp³-hybridized carbons (Fsp3) is 0.562. The summed E-state index contributed by atoms with van der Waals surface area (Å²) >= 11 is 1.81. The number of rotatable bonds is 4. The molecule has 1 saturated heterocycles. The molecule has 0 aliphatic carbocycles. The number of anilines is 1. The van der Waals surface area contributed by atoms with Gasteiger partial charge in [-0.2, -0.15) is 0 Å². The van der Waals surface area contributed by atoms with Crippen LogP contribution in [0.25, 0.3) is 0 Å². The normalized spacial score (nSPS) is 16.1. The molecule has 0 saturated carbocycles. The molecule has 0 spiro atoms. The number of amides is 1. The Morgan fingerprint density at radius 2 is 1.85 bits per heavy atom. The van der Waals surface area contributed by atoms with Crippen LogP contribution in [0.15, 0.2) is 18.2 Å². The third-order valence-electron chi connectivity index (χ3n) is 3.70. The second-order valence-electron chi connectivity index (χ2n) is 5.56. The first-order valence-electron chi connectivity index (χ1n) is 7.23. The predicted molar refractivity (Wildman–Crippen MR) is 87.7 cm³/mol. The van der Waals surface area contributed by atoms with Crippen LogP contribution in [0.3, 0.4) is 0 Å². The van der Waals surface area contributed by atoms with Crippen molar-refractivity contribution in [2.45, 2.75) is 31.9 Å². The zero-order valence-corrected chi connectivity index (χ0v) is 13.4. The molecule has 110 valence electrons. The smallest absolute Gasteiger partial charge is 0.236 e. The van der Waals surface area contributed by atoms with Gasteiger partial charge in [0.25, 0.3) is 0 Å². The van der Waals surface area contributed by atoms with Crippen molar-refractivity contribution in [1.29, 1.82) is 0 Å². The van der Waals surface area contributed by atoms with E-state index >= 15 is 0 Å². The fourth-order valence-electron chi connectivity index (χ4n) is 2.54. The van der Waals surface area contributed by atoms with Crippen molar-refractivity contribution < 1.29 is 4.79 Å². The van der Waals surface area contributed by atoms with Crippen LogP contribution in [0.1, 0.15) is 24.0 Å². The highest BCUT2D eigenvalue weighted by Crippen LogP contribution is 2.22.